The van der Waals surface area contributed by atoms with Crippen LogP contribution in [0.2, 0.25) is 5.02 Å². The van der Waals surface area contributed by atoms with E-state index in [1.165, 1.54) is 16.7 Å². The Hall–Kier alpha value is -2.29. The van der Waals surface area contributed by atoms with Gasteiger partial charge in [0, 0.05) is 11.3 Å². The van der Waals surface area contributed by atoms with Crippen molar-refractivity contribution in [2.24, 2.45) is 11.8 Å². The van der Waals surface area contributed by atoms with Crippen molar-refractivity contribution < 1.29 is 24.2 Å². The zero-order valence-corrected chi connectivity index (χ0v) is 20.6. The lowest BCUT2D eigenvalue weighted by molar-refractivity contribution is -0.154. The van der Waals surface area contributed by atoms with Crippen molar-refractivity contribution in [3.05, 3.63) is 53.6 Å². The number of cyclic esters (lactones) is 1. The van der Waals surface area contributed by atoms with E-state index in [0.29, 0.717) is 17.1 Å². The molecule has 2 amide bonds. The number of para-hydroxylation sites is 1. The van der Waals surface area contributed by atoms with Gasteiger partial charge in [0.05, 0.1) is 46.5 Å². The lowest BCUT2D eigenvalue weighted by Gasteiger charge is -2.39. The minimum Gasteiger partial charge on any atom is -0.465 e. The molecular formula is C25H27ClN2O5S. The average molecular weight is 503 g/mol. The first-order valence-electron chi connectivity index (χ1n) is 11.5. The summed E-state index contributed by atoms with van der Waals surface area (Å²) in [6.07, 6.45) is 8.40. The Morgan fingerprint density at radius 3 is 2.68 bits per heavy atom. The second-order valence-corrected chi connectivity index (χ2v) is 11.6. The molecule has 1 spiro atoms. The van der Waals surface area contributed by atoms with Gasteiger partial charge in [0.2, 0.25) is 5.91 Å². The first kappa shape index (κ1) is 23.5. The standard InChI is InChI=1S/C25H27ClN2O5S/c1-15(14-29)28-20-22(31)27(17-9-4-3-8-16(17)26)12-7-11-25(20)18(21(28)30)19-23(32)33-13-6-5-10-24(19,2)34-25/h3-5,7-11,15,18-20,29H,6,12-14H2,1-2H3/t15-,18+,19+,20?,24-,25+/m1/s1. The molecular weight excluding hydrogens is 476 g/mol. The van der Waals surface area contributed by atoms with E-state index in [2.05, 4.69) is 0 Å². The van der Waals surface area contributed by atoms with E-state index < -0.39 is 39.4 Å². The topological polar surface area (TPSA) is 87.2 Å². The van der Waals surface area contributed by atoms with Gasteiger partial charge in [-0.05, 0) is 32.4 Å². The molecule has 5 rings (SSSR count). The molecule has 4 aliphatic rings. The number of thioether (sulfide) groups is 1. The fourth-order valence-corrected chi connectivity index (χ4v) is 8.25. The molecule has 0 saturated carbocycles. The first-order chi connectivity index (χ1) is 16.2. The number of carbonyl (C=O) groups excluding carboxylic acids is 3. The largest absolute Gasteiger partial charge is 0.465 e. The van der Waals surface area contributed by atoms with Crippen LogP contribution in [0, 0.1) is 11.8 Å². The number of likely N-dealkylation sites (tertiary alicyclic amines) is 1. The molecule has 9 heteroatoms. The summed E-state index contributed by atoms with van der Waals surface area (Å²) >= 11 is 7.93. The van der Waals surface area contributed by atoms with Crippen molar-refractivity contribution in [1.82, 2.24) is 4.90 Å². The number of ether oxygens (including phenoxy) is 1. The number of halogens is 1. The smallest absolute Gasteiger partial charge is 0.311 e. The van der Waals surface area contributed by atoms with Gasteiger partial charge in [-0.25, -0.2) is 0 Å². The summed E-state index contributed by atoms with van der Waals surface area (Å²) in [7, 11) is 0. The molecule has 0 bridgehead atoms. The van der Waals surface area contributed by atoms with Gasteiger partial charge in [-0.2, -0.15) is 0 Å². The minimum absolute atomic E-state index is 0.260. The molecule has 2 saturated heterocycles. The Bertz CT molecular complexity index is 1110. The number of nitrogens with zero attached hydrogens (tertiary/aromatic N) is 2. The zero-order valence-electron chi connectivity index (χ0n) is 19.0. The van der Waals surface area contributed by atoms with Crippen LogP contribution in [0.1, 0.15) is 20.3 Å². The third-order valence-corrected chi connectivity index (χ3v) is 9.46. The van der Waals surface area contributed by atoms with Gasteiger partial charge in [0.1, 0.15) is 6.04 Å². The third-order valence-electron chi connectivity index (χ3n) is 7.34. The number of hydrogen-bond donors (Lipinski definition) is 1. The van der Waals surface area contributed by atoms with E-state index in [9.17, 15) is 19.5 Å². The number of aliphatic hydroxyl groups excluding tert-OH is 1. The number of amides is 2. The molecule has 2 fully saturated rings. The highest BCUT2D eigenvalue weighted by Gasteiger charge is 2.74. The number of carbonyl (C=O) groups is 3. The first-order valence-corrected chi connectivity index (χ1v) is 12.7. The normalized spacial score (nSPS) is 35.8. The third kappa shape index (κ3) is 3.26. The molecule has 7 nitrogen and oxygen atoms in total. The Morgan fingerprint density at radius 1 is 1.18 bits per heavy atom. The van der Waals surface area contributed by atoms with Crippen molar-refractivity contribution in [1.29, 1.82) is 0 Å². The quantitative estimate of drug-likeness (QED) is 0.505. The number of hydrogen-bond acceptors (Lipinski definition) is 6. The van der Waals surface area contributed by atoms with Crippen LogP contribution in [0.3, 0.4) is 0 Å². The summed E-state index contributed by atoms with van der Waals surface area (Å²) in [5.74, 6) is -2.54. The number of fused-ring (bicyclic) bond motifs is 2. The van der Waals surface area contributed by atoms with E-state index in [1.54, 1.807) is 30.0 Å². The number of esters is 1. The van der Waals surface area contributed by atoms with Crippen LogP contribution in [0.15, 0.2) is 48.6 Å². The van der Waals surface area contributed by atoms with E-state index in [4.69, 9.17) is 16.3 Å². The Morgan fingerprint density at radius 2 is 1.94 bits per heavy atom. The van der Waals surface area contributed by atoms with E-state index in [0.717, 1.165) is 0 Å². The van der Waals surface area contributed by atoms with Crippen LogP contribution < -0.4 is 4.90 Å². The molecule has 4 heterocycles. The van der Waals surface area contributed by atoms with E-state index >= 15 is 0 Å². The summed E-state index contributed by atoms with van der Waals surface area (Å²) in [6, 6.07) is 5.59. The molecule has 0 radical (unpaired) electrons. The monoisotopic (exact) mass is 502 g/mol. The van der Waals surface area contributed by atoms with Crippen LogP contribution in [0.5, 0.6) is 0 Å². The maximum atomic E-state index is 14.2. The van der Waals surface area contributed by atoms with Crippen LogP contribution in [-0.2, 0) is 19.1 Å². The SMILES string of the molecule is C[C@H](CO)N1C(=O)[C@@H]2[C@H]3C(=O)OCCC=C[C@@]3(C)S[C@@]23C=CCN(c2ccccc2Cl)C(=O)C13. The summed E-state index contributed by atoms with van der Waals surface area (Å²) < 4.78 is 3.82. The van der Waals surface area contributed by atoms with Gasteiger partial charge in [-0.3, -0.25) is 14.4 Å². The summed E-state index contributed by atoms with van der Waals surface area (Å²) in [6.45, 7) is 3.90. The van der Waals surface area contributed by atoms with Crippen molar-refractivity contribution in [3.8, 4) is 0 Å². The summed E-state index contributed by atoms with van der Waals surface area (Å²) in [5, 5.41) is 10.4. The summed E-state index contributed by atoms with van der Waals surface area (Å²) in [4.78, 5) is 44.5. The molecule has 0 aliphatic carbocycles. The molecule has 1 N–H and O–H groups in total. The molecule has 1 aromatic rings. The number of anilines is 1. The van der Waals surface area contributed by atoms with Crippen LogP contribution in [-0.4, -0.2) is 69.1 Å². The fraction of sp³-hybridized carbons (Fsp3) is 0.480. The fourth-order valence-electron chi connectivity index (χ4n) is 5.88. The summed E-state index contributed by atoms with van der Waals surface area (Å²) in [5.41, 5.74) is 0.558. The van der Waals surface area contributed by atoms with Gasteiger partial charge in [0.25, 0.3) is 5.91 Å². The van der Waals surface area contributed by atoms with Crippen molar-refractivity contribution in [2.75, 3.05) is 24.7 Å². The zero-order chi connectivity index (χ0) is 24.3. The Labute approximate surface area is 207 Å². The minimum atomic E-state index is -0.985. The molecule has 1 unspecified atom stereocenters. The van der Waals surface area contributed by atoms with Gasteiger partial charge in [0.15, 0.2) is 0 Å². The Kier molecular flexibility index (Phi) is 5.81. The highest BCUT2D eigenvalue weighted by molar-refractivity contribution is 8.02. The maximum absolute atomic E-state index is 14.2. The highest BCUT2D eigenvalue weighted by atomic mass is 35.5. The van der Waals surface area contributed by atoms with E-state index in [-0.39, 0.29) is 31.6 Å². The lowest BCUT2D eigenvalue weighted by atomic mass is 9.74. The molecule has 0 aromatic heterocycles. The van der Waals surface area contributed by atoms with Gasteiger partial charge in [-0.15, -0.1) is 11.8 Å². The van der Waals surface area contributed by atoms with Crippen LogP contribution >= 0.6 is 23.4 Å². The van der Waals surface area contributed by atoms with Crippen LogP contribution in [0.4, 0.5) is 5.69 Å². The average Bonchev–Trinajstić information content (AvgIpc) is 3.13. The number of benzene rings is 1. The maximum Gasteiger partial charge on any atom is 0.311 e. The Balaban J connectivity index is 1.69. The van der Waals surface area contributed by atoms with Crippen molar-refractivity contribution >= 4 is 46.8 Å². The molecule has 4 aliphatic heterocycles. The second-order valence-electron chi connectivity index (χ2n) is 9.44. The molecule has 1 aromatic carbocycles. The molecule has 180 valence electrons. The number of rotatable bonds is 3. The molecule has 34 heavy (non-hydrogen) atoms. The van der Waals surface area contributed by atoms with Gasteiger partial charge in [-0.1, -0.05) is 48.0 Å². The number of aliphatic hydroxyl groups is 1. The predicted molar refractivity (Wildman–Crippen MR) is 131 cm³/mol. The van der Waals surface area contributed by atoms with Gasteiger partial charge >= 0.3 is 5.97 Å². The lowest BCUT2D eigenvalue weighted by Crippen LogP contribution is -2.56. The van der Waals surface area contributed by atoms with Crippen molar-refractivity contribution in [3.63, 3.8) is 0 Å². The molecule has 6 atom stereocenters. The second kappa shape index (κ2) is 8.43. The van der Waals surface area contributed by atoms with E-state index in [1.807, 2.05) is 37.3 Å². The van der Waals surface area contributed by atoms with Crippen LogP contribution in [0.25, 0.3) is 0 Å². The highest BCUT2D eigenvalue weighted by Crippen LogP contribution is 2.65. The van der Waals surface area contributed by atoms with Crippen molar-refractivity contribution in [2.45, 2.75) is 41.8 Å². The van der Waals surface area contributed by atoms with Gasteiger partial charge < -0.3 is 19.6 Å². The predicted octanol–water partition coefficient (Wildman–Crippen LogP) is 2.81.